The van der Waals surface area contributed by atoms with E-state index in [-0.39, 0.29) is 5.38 Å². The highest BCUT2D eigenvalue weighted by Gasteiger charge is 2.56. The predicted octanol–water partition coefficient (Wildman–Crippen LogP) is 4.83. The summed E-state index contributed by atoms with van der Waals surface area (Å²) in [5.74, 6) is 3.79. The lowest BCUT2D eigenvalue weighted by Crippen LogP contribution is -2.01. The lowest BCUT2D eigenvalue weighted by atomic mass is 10.0. The van der Waals surface area contributed by atoms with Crippen molar-refractivity contribution in [2.45, 2.75) is 31.1 Å². The van der Waals surface area contributed by atoms with Crippen molar-refractivity contribution in [3.8, 4) is 11.5 Å². The Balaban J connectivity index is 1.63. The summed E-state index contributed by atoms with van der Waals surface area (Å²) in [6.07, 6.45) is 4.93. The molecule has 1 aliphatic heterocycles. The normalized spacial score (nSPS) is 32.4. The van der Waals surface area contributed by atoms with Crippen molar-refractivity contribution in [2.75, 3.05) is 13.2 Å². The highest BCUT2D eigenvalue weighted by molar-refractivity contribution is 6.33. The molecule has 3 unspecified atom stereocenters. The van der Waals surface area contributed by atoms with Crippen LogP contribution in [0.25, 0.3) is 0 Å². The summed E-state index contributed by atoms with van der Waals surface area (Å²) < 4.78 is 11.4. The Morgan fingerprint density at radius 1 is 1.00 bits per heavy atom. The van der Waals surface area contributed by atoms with Crippen LogP contribution in [0.1, 0.15) is 36.6 Å². The number of benzene rings is 1. The molecule has 0 bridgehead atoms. The van der Waals surface area contributed by atoms with Gasteiger partial charge in [0.1, 0.15) is 0 Å². The first-order chi connectivity index (χ1) is 9.75. The highest BCUT2D eigenvalue weighted by Crippen LogP contribution is 2.64. The Labute approximate surface area is 129 Å². The summed E-state index contributed by atoms with van der Waals surface area (Å²) in [6.45, 7) is 1.37. The molecule has 20 heavy (non-hydrogen) atoms. The van der Waals surface area contributed by atoms with Crippen LogP contribution in [-0.4, -0.2) is 13.2 Å². The van der Waals surface area contributed by atoms with Crippen molar-refractivity contribution in [3.63, 3.8) is 0 Å². The molecule has 1 aromatic rings. The van der Waals surface area contributed by atoms with Crippen LogP contribution in [0.15, 0.2) is 12.1 Å². The molecule has 0 N–H and O–H groups in total. The number of ether oxygens (including phenoxy) is 2. The predicted molar refractivity (Wildman–Crippen MR) is 80.0 cm³/mol. The number of hydrogen-bond acceptors (Lipinski definition) is 2. The number of hydrogen-bond donors (Lipinski definition) is 0. The van der Waals surface area contributed by atoms with Crippen molar-refractivity contribution < 1.29 is 9.47 Å². The number of halogens is 2. The Kier molecular flexibility index (Phi) is 3.27. The van der Waals surface area contributed by atoms with Crippen LogP contribution in [0.5, 0.6) is 11.5 Å². The largest absolute Gasteiger partial charge is 0.490 e. The van der Waals surface area contributed by atoms with E-state index in [1.54, 1.807) is 0 Å². The monoisotopic (exact) mass is 312 g/mol. The van der Waals surface area contributed by atoms with E-state index in [0.717, 1.165) is 35.3 Å². The maximum atomic E-state index is 6.71. The third kappa shape index (κ3) is 2.08. The van der Waals surface area contributed by atoms with Gasteiger partial charge in [-0.15, -0.1) is 11.6 Å². The van der Waals surface area contributed by atoms with E-state index in [4.69, 9.17) is 32.7 Å². The van der Waals surface area contributed by atoms with Gasteiger partial charge < -0.3 is 9.47 Å². The van der Waals surface area contributed by atoms with Gasteiger partial charge in [-0.3, -0.25) is 0 Å². The first kappa shape index (κ1) is 13.1. The van der Waals surface area contributed by atoms with Gasteiger partial charge in [-0.05, 0) is 42.2 Å². The Morgan fingerprint density at radius 3 is 2.35 bits per heavy atom. The van der Waals surface area contributed by atoms with E-state index in [1.807, 2.05) is 12.1 Å². The van der Waals surface area contributed by atoms with Crippen LogP contribution in [-0.2, 0) is 0 Å². The minimum absolute atomic E-state index is 0.00922. The molecule has 0 radical (unpaired) electrons. The molecule has 1 heterocycles. The van der Waals surface area contributed by atoms with Gasteiger partial charge in [0.25, 0.3) is 0 Å². The lowest BCUT2D eigenvalue weighted by Gasteiger charge is -2.16. The molecular formula is C16H18Cl2O2. The van der Waals surface area contributed by atoms with Crippen molar-refractivity contribution in [3.05, 3.63) is 22.7 Å². The van der Waals surface area contributed by atoms with E-state index in [2.05, 4.69) is 0 Å². The molecule has 4 heteroatoms. The average Bonchev–Trinajstić information content (AvgIpc) is 3.02. The molecule has 1 aromatic carbocycles. The van der Waals surface area contributed by atoms with Crippen molar-refractivity contribution in [2.24, 2.45) is 17.8 Å². The van der Waals surface area contributed by atoms with Gasteiger partial charge in [0.05, 0.1) is 18.6 Å². The third-order valence-corrected chi connectivity index (χ3v) is 5.83. The summed E-state index contributed by atoms with van der Waals surface area (Å²) in [5.41, 5.74) is 1.01. The maximum Gasteiger partial charge on any atom is 0.162 e. The number of rotatable bonds is 2. The maximum absolute atomic E-state index is 6.71. The minimum atomic E-state index is 0.00922. The van der Waals surface area contributed by atoms with Crippen LogP contribution >= 0.6 is 23.2 Å². The minimum Gasteiger partial charge on any atom is -0.490 e. The van der Waals surface area contributed by atoms with Crippen LogP contribution in [0.2, 0.25) is 5.02 Å². The van der Waals surface area contributed by atoms with Gasteiger partial charge in [-0.25, -0.2) is 0 Å². The van der Waals surface area contributed by atoms with Gasteiger partial charge in [-0.1, -0.05) is 18.0 Å². The summed E-state index contributed by atoms with van der Waals surface area (Å²) in [6, 6.07) is 3.86. The highest BCUT2D eigenvalue weighted by atomic mass is 35.5. The first-order valence-corrected chi connectivity index (χ1v) is 8.30. The van der Waals surface area contributed by atoms with Crippen LogP contribution in [0, 0.1) is 17.8 Å². The Bertz CT molecular complexity index is 521. The fourth-order valence-corrected chi connectivity index (χ4v) is 4.81. The summed E-state index contributed by atoms with van der Waals surface area (Å²) in [5, 5.41) is 0.717. The zero-order valence-corrected chi connectivity index (χ0v) is 12.8. The molecule has 3 aliphatic rings. The molecule has 2 nitrogen and oxygen atoms in total. The molecule has 4 rings (SSSR count). The van der Waals surface area contributed by atoms with Gasteiger partial charge in [0.15, 0.2) is 11.5 Å². The Hall–Kier alpha value is -0.600. The average molecular weight is 313 g/mol. The van der Waals surface area contributed by atoms with E-state index in [0.29, 0.717) is 24.2 Å². The molecule has 108 valence electrons. The topological polar surface area (TPSA) is 18.5 Å². The Morgan fingerprint density at radius 2 is 1.65 bits per heavy atom. The zero-order chi connectivity index (χ0) is 13.7. The van der Waals surface area contributed by atoms with Crippen LogP contribution < -0.4 is 9.47 Å². The van der Waals surface area contributed by atoms with Crippen LogP contribution in [0.3, 0.4) is 0 Å². The molecule has 2 saturated carbocycles. The van der Waals surface area contributed by atoms with Crippen LogP contribution in [0.4, 0.5) is 0 Å². The number of fused-ring (bicyclic) bond motifs is 2. The second kappa shape index (κ2) is 4.99. The smallest absolute Gasteiger partial charge is 0.162 e. The fourth-order valence-electron chi connectivity index (χ4n) is 3.93. The molecule has 2 aliphatic carbocycles. The molecule has 2 fully saturated rings. The molecule has 0 aromatic heterocycles. The molecule has 0 spiro atoms. The summed E-state index contributed by atoms with van der Waals surface area (Å²) in [4.78, 5) is 0. The van der Waals surface area contributed by atoms with Crippen molar-refractivity contribution >= 4 is 23.2 Å². The fraction of sp³-hybridized carbons (Fsp3) is 0.625. The molecule has 0 amide bonds. The quantitative estimate of drug-likeness (QED) is 0.728. The van der Waals surface area contributed by atoms with E-state index >= 15 is 0 Å². The number of alkyl halides is 1. The third-order valence-electron chi connectivity index (χ3n) is 4.97. The second-order valence-corrected chi connectivity index (χ2v) is 6.99. The zero-order valence-electron chi connectivity index (χ0n) is 11.3. The summed E-state index contributed by atoms with van der Waals surface area (Å²) in [7, 11) is 0. The molecule has 0 saturated heterocycles. The van der Waals surface area contributed by atoms with E-state index < -0.39 is 0 Å². The molecular weight excluding hydrogens is 295 g/mol. The van der Waals surface area contributed by atoms with Crippen molar-refractivity contribution in [1.29, 1.82) is 0 Å². The van der Waals surface area contributed by atoms with E-state index in [1.165, 1.54) is 19.3 Å². The van der Waals surface area contributed by atoms with Gasteiger partial charge in [0.2, 0.25) is 0 Å². The molecule has 3 atom stereocenters. The van der Waals surface area contributed by atoms with Gasteiger partial charge in [0, 0.05) is 17.5 Å². The second-order valence-electron chi connectivity index (χ2n) is 6.11. The van der Waals surface area contributed by atoms with Crippen molar-refractivity contribution in [1.82, 2.24) is 0 Å². The summed E-state index contributed by atoms with van der Waals surface area (Å²) >= 11 is 13.1. The SMILES string of the molecule is Clc1cc2c(cc1C(Cl)C1C3CCCC31)OCCCO2. The van der Waals surface area contributed by atoms with Gasteiger partial charge in [-0.2, -0.15) is 0 Å². The van der Waals surface area contributed by atoms with E-state index in [9.17, 15) is 0 Å². The lowest BCUT2D eigenvalue weighted by molar-refractivity contribution is 0.297. The first-order valence-electron chi connectivity index (χ1n) is 7.49. The standard InChI is InChI=1S/C16H18Cl2O2/c17-12-8-14-13(19-5-2-6-20-14)7-11(12)16(18)15-9-3-1-4-10(9)15/h7-10,15-16H,1-6H2. The van der Waals surface area contributed by atoms with Gasteiger partial charge >= 0.3 is 0 Å².